The molecule has 0 saturated carbocycles. The van der Waals surface area contributed by atoms with Gasteiger partial charge in [0.15, 0.2) is 11.5 Å². The third kappa shape index (κ3) is 3.62. The van der Waals surface area contributed by atoms with Gasteiger partial charge in [0, 0.05) is 6.54 Å². The van der Waals surface area contributed by atoms with Crippen LogP contribution in [0.1, 0.15) is 19.4 Å². The summed E-state index contributed by atoms with van der Waals surface area (Å²) in [6.45, 7) is 4.78. The molecule has 2 rings (SSSR count). The van der Waals surface area contributed by atoms with Gasteiger partial charge in [-0.05, 0) is 29.7 Å². The molecule has 1 heterocycles. The van der Waals surface area contributed by atoms with Crippen molar-refractivity contribution in [3.8, 4) is 11.5 Å². The van der Waals surface area contributed by atoms with E-state index in [1.54, 1.807) is 19.1 Å². The molecule has 0 aliphatic carbocycles. The SMILES string of the molecule is COc1ccc(C=C2SC(=S)N(CC(C)C)C2=O)cc1OC. The summed E-state index contributed by atoms with van der Waals surface area (Å²) in [6, 6.07) is 5.55. The van der Waals surface area contributed by atoms with Crippen molar-refractivity contribution in [2.75, 3.05) is 20.8 Å². The first-order valence-corrected chi connectivity index (χ1v) is 8.16. The van der Waals surface area contributed by atoms with Crippen molar-refractivity contribution in [3.63, 3.8) is 0 Å². The minimum absolute atomic E-state index is 0.0292. The molecular weight excluding hydrogens is 318 g/mol. The second-order valence-corrected chi connectivity index (χ2v) is 6.98. The number of carbonyl (C=O) groups is 1. The summed E-state index contributed by atoms with van der Waals surface area (Å²) in [4.78, 5) is 14.7. The standard InChI is InChI=1S/C16H19NO3S2/c1-10(2)9-17-15(18)14(22-16(17)21)8-11-5-6-12(19-3)13(7-11)20-4/h5-8,10H,9H2,1-4H3. The van der Waals surface area contributed by atoms with Crippen LogP contribution >= 0.6 is 24.0 Å². The van der Waals surface area contributed by atoms with Crippen LogP contribution in [-0.4, -0.2) is 35.9 Å². The number of rotatable bonds is 5. The van der Waals surface area contributed by atoms with E-state index in [0.29, 0.717) is 33.2 Å². The molecule has 1 aromatic rings. The molecule has 4 nitrogen and oxygen atoms in total. The van der Waals surface area contributed by atoms with Crippen molar-refractivity contribution < 1.29 is 14.3 Å². The average Bonchev–Trinajstić information content (AvgIpc) is 2.74. The second kappa shape index (κ2) is 7.15. The maximum absolute atomic E-state index is 12.4. The number of carbonyl (C=O) groups excluding carboxylic acids is 1. The fraction of sp³-hybridized carbons (Fsp3) is 0.375. The summed E-state index contributed by atoms with van der Waals surface area (Å²) < 4.78 is 11.1. The van der Waals surface area contributed by atoms with Crippen molar-refractivity contribution >= 4 is 40.3 Å². The summed E-state index contributed by atoms with van der Waals surface area (Å²) in [5, 5.41) is 0. The minimum atomic E-state index is -0.0292. The molecule has 22 heavy (non-hydrogen) atoms. The van der Waals surface area contributed by atoms with E-state index in [4.69, 9.17) is 21.7 Å². The smallest absolute Gasteiger partial charge is 0.266 e. The Morgan fingerprint density at radius 2 is 1.95 bits per heavy atom. The van der Waals surface area contributed by atoms with Crippen molar-refractivity contribution in [2.45, 2.75) is 13.8 Å². The number of nitrogens with zero attached hydrogens (tertiary/aromatic N) is 1. The molecule has 0 spiro atoms. The highest BCUT2D eigenvalue weighted by Gasteiger charge is 2.32. The van der Waals surface area contributed by atoms with Gasteiger partial charge < -0.3 is 9.47 Å². The Hall–Kier alpha value is -1.53. The van der Waals surface area contributed by atoms with E-state index in [1.807, 2.05) is 24.3 Å². The molecule has 0 radical (unpaired) electrons. The quantitative estimate of drug-likeness (QED) is 0.607. The number of methoxy groups -OCH3 is 2. The first-order valence-electron chi connectivity index (χ1n) is 6.93. The predicted octanol–water partition coefficient (Wildman–Crippen LogP) is 3.56. The molecule has 0 aromatic heterocycles. The van der Waals surface area contributed by atoms with E-state index in [2.05, 4.69) is 13.8 Å². The van der Waals surface area contributed by atoms with Gasteiger partial charge in [0.05, 0.1) is 19.1 Å². The van der Waals surface area contributed by atoms with Crippen molar-refractivity contribution in [3.05, 3.63) is 28.7 Å². The van der Waals surface area contributed by atoms with E-state index in [9.17, 15) is 4.79 Å². The molecule has 1 amide bonds. The maximum Gasteiger partial charge on any atom is 0.266 e. The Morgan fingerprint density at radius 1 is 1.27 bits per heavy atom. The van der Waals surface area contributed by atoms with Gasteiger partial charge >= 0.3 is 0 Å². The highest BCUT2D eigenvalue weighted by molar-refractivity contribution is 8.26. The first-order chi connectivity index (χ1) is 10.5. The number of hydrogen-bond donors (Lipinski definition) is 0. The van der Waals surface area contributed by atoms with Crippen LogP contribution in [0.2, 0.25) is 0 Å². The molecule has 1 aromatic carbocycles. The number of ether oxygens (including phenoxy) is 2. The molecule has 1 aliphatic heterocycles. The zero-order valence-corrected chi connectivity index (χ0v) is 14.7. The number of hydrogen-bond acceptors (Lipinski definition) is 5. The topological polar surface area (TPSA) is 38.8 Å². The molecule has 0 bridgehead atoms. The van der Waals surface area contributed by atoms with E-state index in [-0.39, 0.29) is 5.91 Å². The predicted molar refractivity (Wildman–Crippen MR) is 94.3 cm³/mol. The van der Waals surface area contributed by atoms with Crippen LogP contribution in [0.25, 0.3) is 6.08 Å². The second-order valence-electron chi connectivity index (χ2n) is 5.30. The molecule has 6 heteroatoms. The van der Waals surface area contributed by atoms with Gasteiger partial charge in [-0.25, -0.2) is 0 Å². The van der Waals surface area contributed by atoms with Crippen LogP contribution in [0, 0.1) is 5.92 Å². The van der Waals surface area contributed by atoms with Gasteiger partial charge in [0.2, 0.25) is 0 Å². The zero-order valence-electron chi connectivity index (χ0n) is 13.1. The van der Waals surface area contributed by atoms with Crippen LogP contribution < -0.4 is 9.47 Å². The Balaban J connectivity index is 2.27. The van der Waals surface area contributed by atoms with Crippen LogP contribution in [-0.2, 0) is 4.79 Å². The molecule has 0 N–H and O–H groups in total. The van der Waals surface area contributed by atoms with E-state index >= 15 is 0 Å². The molecule has 1 fully saturated rings. The average molecular weight is 337 g/mol. The van der Waals surface area contributed by atoms with Crippen LogP contribution in [0.5, 0.6) is 11.5 Å². The molecular formula is C16H19NO3S2. The minimum Gasteiger partial charge on any atom is -0.493 e. The van der Waals surface area contributed by atoms with Crippen molar-refractivity contribution in [1.82, 2.24) is 4.90 Å². The molecule has 1 aliphatic rings. The largest absolute Gasteiger partial charge is 0.493 e. The lowest BCUT2D eigenvalue weighted by Crippen LogP contribution is -2.31. The Kier molecular flexibility index (Phi) is 5.47. The normalized spacial score (nSPS) is 16.8. The summed E-state index contributed by atoms with van der Waals surface area (Å²) in [6.07, 6.45) is 1.83. The molecule has 0 unspecified atom stereocenters. The lowest BCUT2D eigenvalue weighted by atomic mass is 10.1. The van der Waals surface area contributed by atoms with E-state index in [1.165, 1.54) is 11.8 Å². The number of thiocarbonyl (C=S) groups is 1. The summed E-state index contributed by atoms with van der Waals surface area (Å²) in [5.41, 5.74) is 0.877. The summed E-state index contributed by atoms with van der Waals surface area (Å²) in [5.74, 6) is 1.64. The monoisotopic (exact) mass is 337 g/mol. The third-order valence-electron chi connectivity index (χ3n) is 3.13. The van der Waals surface area contributed by atoms with Gasteiger partial charge in [-0.2, -0.15) is 0 Å². The van der Waals surface area contributed by atoms with Crippen LogP contribution in [0.3, 0.4) is 0 Å². The van der Waals surface area contributed by atoms with Crippen LogP contribution in [0.4, 0.5) is 0 Å². The van der Waals surface area contributed by atoms with Gasteiger partial charge in [0.25, 0.3) is 5.91 Å². The maximum atomic E-state index is 12.4. The summed E-state index contributed by atoms with van der Waals surface area (Å²) >= 11 is 6.64. The third-order valence-corrected chi connectivity index (χ3v) is 4.50. The number of benzene rings is 1. The Morgan fingerprint density at radius 3 is 2.55 bits per heavy atom. The molecule has 0 atom stereocenters. The fourth-order valence-corrected chi connectivity index (χ4v) is 3.39. The first kappa shape index (κ1) is 16.8. The van der Waals surface area contributed by atoms with Crippen LogP contribution in [0.15, 0.2) is 23.1 Å². The lowest BCUT2D eigenvalue weighted by Gasteiger charge is -2.16. The summed E-state index contributed by atoms with van der Waals surface area (Å²) in [7, 11) is 3.18. The highest BCUT2D eigenvalue weighted by atomic mass is 32.2. The molecule has 118 valence electrons. The van der Waals surface area contributed by atoms with Gasteiger partial charge in [-0.3, -0.25) is 9.69 Å². The highest BCUT2D eigenvalue weighted by Crippen LogP contribution is 2.34. The van der Waals surface area contributed by atoms with E-state index < -0.39 is 0 Å². The lowest BCUT2D eigenvalue weighted by molar-refractivity contribution is -0.122. The number of thioether (sulfide) groups is 1. The van der Waals surface area contributed by atoms with Crippen molar-refractivity contribution in [1.29, 1.82) is 0 Å². The number of amides is 1. The van der Waals surface area contributed by atoms with E-state index in [0.717, 1.165) is 5.56 Å². The fourth-order valence-electron chi connectivity index (χ4n) is 2.12. The Labute approximate surface area is 140 Å². The van der Waals surface area contributed by atoms with Gasteiger partial charge in [0.1, 0.15) is 4.32 Å². The molecule has 1 saturated heterocycles. The van der Waals surface area contributed by atoms with Gasteiger partial charge in [-0.1, -0.05) is 43.9 Å². The zero-order chi connectivity index (χ0) is 16.3. The van der Waals surface area contributed by atoms with Gasteiger partial charge in [-0.15, -0.1) is 0 Å². The van der Waals surface area contributed by atoms with Crippen molar-refractivity contribution in [2.24, 2.45) is 5.92 Å². The Bertz CT molecular complexity index is 626.